The average molecular weight is 418 g/mol. The molecule has 2 saturated heterocycles. The number of anilines is 1. The summed E-state index contributed by atoms with van der Waals surface area (Å²) in [5.41, 5.74) is 3.75. The Morgan fingerprint density at radius 2 is 2.06 bits per heavy atom. The second-order valence-corrected chi connectivity index (χ2v) is 7.77. The zero-order valence-corrected chi connectivity index (χ0v) is 17.7. The fourth-order valence-corrected chi connectivity index (χ4v) is 3.94. The van der Waals surface area contributed by atoms with Gasteiger partial charge in [0.25, 0.3) is 0 Å². The second kappa shape index (κ2) is 8.49. The molecule has 31 heavy (non-hydrogen) atoms. The van der Waals surface area contributed by atoms with Crippen LogP contribution in [0.5, 0.6) is 0 Å². The van der Waals surface area contributed by atoms with Crippen LogP contribution < -0.4 is 10.2 Å². The fraction of sp³-hybridized carbons (Fsp3) is 0.348. The minimum atomic E-state index is 0.484. The summed E-state index contributed by atoms with van der Waals surface area (Å²) in [4.78, 5) is 7.19. The van der Waals surface area contributed by atoms with E-state index in [1.807, 2.05) is 46.6 Å². The molecule has 160 valence electrons. The average Bonchev–Trinajstić information content (AvgIpc) is 3.39. The van der Waals surface area contributed by atoms with Crippen molar-refractivity contribution in [3.8, 4) is 5.82 Å². The number of nitrogens with one attached hydrogen (secondary N) is 1. The van der Waals surface area contributed by atoms with Crippen LogP contribution in [0, 0.1) is 0 Å². The molecule has 2 aliphatic rings. The summed E-state index contributed by atoms with van der Waals surface area (Å²) >= 11 is 0. The highest BCUT2D eigenvalue weighted by Gasteiger charge is 2.23. The zero-order chi connectivity index (χ0) is 21.2. The van der Waals surface area contributed by atoms with Crippen molar-refractivity contribution in [2.45, 2.75) is 12.8 Å². The Labute approximate surface area is 181 Å². The molecular weight excluding hydrogens is 390 g/mol. The van der Waals surface area contributed by atoms with Gasteiger partial charge in [-0.25, -0.2) is 9.67 Å². The first-order valence-electron chi connectivity index (χ1n) is 10.7. The normalized spacial score (nSPS) is 18.1. The number of fused-ring (bicyclic) bond motifs is 1. The van der Waals surface area contributed by atoms with Crippen LogP contribution in [-0.2, 0) is 4.74 Å². The second-order valence-electron chi connectivity index (χ2n) is 7.77. The van der Waals surface area contributed by atoms with E-state index in [2.05, 4.69) is 28.9 Å². The number of rotatable bonds is 6. The Morgan fingerprint density at radius 1 is 1.23 bits per heavy atom. The van der Waals surface area contributed by atoms with Gasteiger partial charge < -0.3 is 15.0 Å². The van der Waals surface area contributed by atoms with Crippen LogP contribution in [0.25, 0.3) is 17.0 Å². The first-order chi connectivity index (χ1) is 15.3. The molecule has 2 aliphatic heterocycles. The molecule has 0 radical (unpaired) electrons. The lowest BCUT2D eigenvalue weighted by Gasteiger charge is -2.29. The van der Waals surface area contributed by atoms with Gasteiger partial charge in [-0.3, -0.25) is 0 Å². The van der Waals surface area contributed by atoms with Crippen molar-refractivity contribution in [1.82, 2.24) is 29.7 Å². The number of hydrogen-bond acceptors (Lipinski definition) is 6. The molecule has 5 rings (SSSR count). The molecule has 8 heteroatoms. The standard InChI is InChI=1S/C23H27N7O/c1-3-5-17(6-4-2)20-13-22-25-21(29-8-7-19(26-29)18-15-24-16-18)14-23(30(22)27-20)28-9-11-31-12-10-28/h3-8,13-14,18,24H,1,9-12,15-16H2,2H3/b6-4-,17-5+. The van der Waals surface area contributed by atoms with Crippen molar-refractivity contribution in [3.05, 3.63) is 66.7 Å². The smallest absolute Gasteiger partial charge is 0.160 e. The highest BCUT2D eigenvalue weighted by Crippen LogP contribution is 2.25. The van der Waals surface area contributed by atoms with Crippen molar-refractivity contribution < 1.29 is 4.74 Å². The summed E-state index contributed by atoms with van der Waals surface area (Å²) in [5, 5.41) is 13.0. The predicted octanol–water partition coefficient (Wildman–Crippen LogP) is 2.58. The molecular formula is C23H27N7O. The van der Waals surface area contributed by atoms with Crippen molar-refractivity contribution in [2.75, 3.05) is 44.3 Å². The molecule has 0 amide bonds. The molecule has 1 N–H and O–H groups in total. The highest BCUT2D eigenvalue weighted by atomic mass is 16.5. The SMILES string of the molecule is C=C/C=C(\C=C/C)c1cc2nc(-n3ccc(C4CNC4)n3)cc(N3CCOCC3)n2n1. The lowest BCUT2D eigenvalue weighted by Crippen LogP contribution is -2.40. The maximum atomic E-state index is 5.56. The molecule has 0 spiro atoms. The molecule has 0 bridgehead atoms. The molecule has 2 fully saturated rings. The van der Waals surface area contributed by atoms with Crippen molar-refractivity contribution >= 4 is 17.0 Å². The third-order valence-electron chi connectivity index (χ3n) is 5.71. The lowest BCUT2D eigenvalue weighted by atomic mass is 10.0. The van der Waals surface area contributed by atoms with E-state index in [0.29, 0.717) is 19.1 Å². The van der Waals surface area contributed by atoms with Crippen LogP contribution in [0.1, 0.15) is 24.2 Å². The first-order valence-corrected chi connectivity index (χ1v) is 10.7. The maximum Gasteiger partial charge on any atom is 0.160 e. The molecule has 0 atom stereocenters. The fourth-order valence-electron chi connectivity index (χ4n) is 3.94. The van der Waals surface area contributed by atoms with Crippen LogP contribution in [0.3, 0.4) is 0 Å². The van der Waals surface area contributed by atoms with E-state index in [0.717, 1.165) is 60.4 Å². The van der Waals surface area contributed by atoms with Gasteiger partial charge in [-0.2, -0.15) is 14.7 Å². The third kappa shape index (κ3) is 3.80. The summed E-state index contributed by atoms with van der Waals surface area (Å²) in [5.74, 6) is 2.27. The molecule has 3 aromatic rings. The monoisotopic (exact) mass is 417 g/mol. The topological polar surface area (TPSA) is 72.5 Å². The molecule has 5 heterocycles. The number of ether oxygens (including phenoxy) is 1. The van der Waals surface area contributed by atoms with Gasteiger partial charge in [0.2, 0.25) is 0 Å². The Kier molecular flexibility index (Phi) is 5.40. The quantitative estimate of drug-likeness (QED) is 0.622. The van der Waals surface area contributed by atoms with Gasteiger partial charge in [0, 0.05) is 56.0 Å². The maximum absolute atomic E-state index is 5.56. The van der Waals surface area contributed by atoms with Crippen LogP contribution in [0.15, 0.2) is 55.3 Å². The molecule has 3 aromatic heterocycles. The van der Waals surface area contributed by atoms with E-state index < -0.39 is 0 Å². The Morgan fingerprint density at radius 3 is 2.77 bits per heavy atom. The van der Waals surface area contributed by atoms with Gasteiger partial charge in [0.05, 0.1) is 24.6 Å². The summed E-state index contributed by atoms with van der Waals surface area (Å²) < 4.78 is 9.36. The Balaban J connectivity index is 1.62. The van der Waals surface area contributed by atoms with Crippen molar-refractivity contribution in [1.29, 1.82) is 0 Å². The Bertz CT molecular complexity index is 1150. The van der Waals surface area contributed by atoms with Crippen LogP contribution in [0.4, 0.5) is 5.82 Å². The number of allylic oxidation sites excluding steroid dienone is 5. The van der Waals surface area contributed by atoms with Crippen LogP contribution >= 0.6 is 0 Å². The van der Waals surface area contributed by atoms with Crippen molar-refractivity contribution in [2.24, 2.45) is 0 Å². The van der Waals surface area contributed by atoms with Gasteiger partial charge in [0.15, 0.2) is 11.5 Å². The summed E-state index contributed by atoms with van der Waals surface area (Å²) in [7, 11) is 0. The van der Waals surface area contributed by atoms with Crippen molar-refractivity contribution in [3.63, 3.8) is 0 Å². The van der Waals surface area contributed by atoms with Gasteiger partial charge in [0.1, 0.15) is 5.82 Å². The minimum absolute atomic E-state index is 0.484. The van der Waals surface area contributed by atoms with Crippen LogP contribution in [-0.4, -0.2) is 63.8 Å². The molecule has 0 saturated carbocycles. The molecule has 0 aromatic carbocycles. The van der Waals surface area contributed by atoms with E-state index in [9.17, 15) is 0 Å². The third-order valence-corrected chi connectivity index (χ3v) is 5.71. The minimum Gasteiger partial charge on any atom is -0.378 e. The number of morpholine rings is 1. The Hall–Kier alpha value is -3.23. The largest absolute Gasteiger partial charge is 0.378 e. The van der Waals surface area contributed by atoms with E-state index in [1.165, 1.54) is 0 Å². The van der Waals surface area contributed by atoms with Gasteiger partial charge in [-0.05, 0) is 13.0 Å². The highest BCUT2D eigenvalue weighted by molar-refractivity contribution is 5.75. The summed E-state index contributed by atoms with van der Waals surface area (Å²) in [6, 6.07) is 6.17. The molecule has 0 aliphatic carbocycles. The molecule has 8 nitrogen and oxygen atoms in total. The first kappa shape index (κ1) is 19.7. The number of hydrogen-bond donors (Lipinski definition) is 1. The van der Waals surface area contributed by atoms with Gasteiger partial charge in [-0.1, -0.05) is 30.9 Å². The predicted molar refractivity (Wildman–Crippen MR) is 122 cm³/mol. The number of aromatic nitrogens is 5. The zero-order valence-electron chi connectivity index (χ0n) is 17.7. The number of nitrogens with zero attached hydrogens (tertiary/aromatic N) is 6. The van der Waals surface area contributed by atoms with Gasteiger partial charge >= 0.3 is 0 Å². The van der Waals surface area contributed by atoms with E-state index >= 15 is 0 Å². The molecule has 0 unspecified atom stereocenters. The van der Waals surface area contributed by atoms with Crippen LogP contribution in [0.2, 0.25) is 0 Å². The van der Waals surface area contributed by atoms with E-state index in [4.69, 9.17) is 19.9 Å². The van der Waals surface area contributed by atoms with E-state index in [1.54, 1.807) is 6.08 Å². The lowest BCUT2D eigenvalue weighted by molar-refractivity contribution is 0.122. The van der Waals surface area contributed by atoms with Gasteiger partial charge in [-0.15, -0.1) is 0 Å². The summed E-state index contributed by atoms with van der Waals surface area (Å²) in [6.07, 6.45) is 9.77. The van der Waals surface area contributed by atoms with E-state index in [-0.39, 0.29) is 0 Å². The summed E-state index contributed by atoms with van der Waals surface area (Å²) in [6.45, 7) is 10.8.